The first kappa shape index (κ1) is 14.8. The van der Waals surface area contributed by atoms with E-state index in [1.54, 1.807) is 12.1 Å². The molecule has 0 saturated heterocycles. The van der Waals surface area contributed by atoms with E-state index in [0.29, 0.717) is 11.3 Å². The fourth-order valence-electron chi connectivity index (χ4n) is 1.95. The van der Waals surface area contributed by atoms with Gasteiger partial charge in [0.15, 0.2) is 0 Å². The first-order valence-corrected chi connectivity index (χ1v) is 6.91. The van der Waals surface area contributed by atoms with Crippen LogP contribution in [0.1, 0.15) is 30.5 Å². The van der Waals surface area contributed by atoms with Gasteiger partial charge in [0.2, 0.25) is 0 Å². The number of halogens is 2. The van der Waals surface area contributed by atoms with Gasteiger partial charge in [0.25, 0.3) is 0 Å². The first-order chi connectivity index (χ1) is 9.63. The summed E-state index contributed by atoms with van der Waals surface area (Å²) in [6.07, 6.45) is 0.811. The van der Waals surface area contributed by atoms with Crippen molar-refractivity contribution in [2.45, 2.75) is 26.0 Å². The van der Waals surface area contributed by atoms with Crippen molar-refractivity contribution in [1.82, 2.24) is 0 Å². The molecule has 0 aromatic heterocycles. The smallest absolute Gasteiger partial charge is 0.148 e. The summed E-state index contributed by atoms with van der Waals surface area (Å²) in [4.78, 5) is 0. The third kappa shape index (κ3) is 3.30. The highest BCUT2D eigenvalue weighted by Crippen LogP contribution is 2.27. The Balaban J connectivity index is 2.17. The van der Waals surface area contributed by atoms with Crippen LogP contribution in [0, 0.1) is 5.82 Å². The van der Waals surface area contributed by atoms with Gasteiger partial charge in [0.1, 0.15) is 18.2 Å². The van der Waals surface area contributed by atoms with Crippen molar-refractivity contribution in [1.29, 1.82) is 0 Å². The maximum Gasteiger partial charge on any atom is 0.148 e. The lowest BCUT2D eigenvalue weighted by molar-refractivity contribution is 0.294. The summed E-state index contributed by atoms with van der Waals surface area (Å²) in [6, 6.07) is 12.3. The topological polar surface area (TPSA) is 35.2 Å². The van der Waals surface area contributed by atoms with Crippen molar-refractivity contribution in [3.8, 4) is 5.75 Å². The van der Waals surface area contributed by atoms with E-state index in [9.17, 15) is 4.39 Å². The molecule has 2 aromatic carbocycles. The van der Waals surface area contributed by atoms with Crippen molar-refractivity contribution in [3.63, 3.8) is 0 Å². The fraction of sp³-hybridized carbons (Fsp3) is 0.250. The van der Waals surface area contributed by atoms with Gasteiger partial charge < -0.3 is 10.5 Å². The number of rotatable bonds is 5. The third-order valence-electron chi connectivity index (χ3n) is 3.17. The van der Waals surface area contributed by atoms with Crippen LogP contribution >= 0.6 is 11.6 Å². The van der Waals surface area contributed by atoms with Crippen molar-refractivity contribution in [2.75, 3.05) is 0 Å². The summed E-state index contributed by atoms with van der Waals surface area (Å²) in [5, 5.41) is 0.102. The van der Waals surface area contributed by atoms with Crippen molar-refractivity contribution in [2.24, 2.45) is 5.73 Å². The zero-order valence-electron chi connectivity index (χ0n) is 11.3. The third-order valence-corrected chi connectivity index (χ3v) is 3.46. The summed E-state index contributed by atoms with van der Waals surface area (Å²) in [6.45, 7) is 2.14. The molecule has 0 fully saturated rings. The molecule has 0 aliphatic rings. The minimum Gasteiger partial charge on any atom is -0.488 e. The predicted molar refractivity (Wildman–Crippen MR) is 79.4 cm³/mol. The van der Waals surface area contributed by atoms with Crippen LogP contribution in [0.2, 0.25) is 5.02 Å². The van der Waals surface area contributed by atoms with Crippen LogP contribution in [0.5, 0.6) is 5.75 Å². The van der Waals surface area contributed by atoms with E-state index >= 15 is 0 Å². The van der Waals surface area contributed by atoms with Gasteiger partial charge in [0.05, 0.1) is 5.02 Å². The number of nitrogens with two attached hydrogens (primary N) is 1. The van der Waals surface area contributed by atoms with E-state index in [4.69, 9.17) is 22.1 Å². The zero-order chi connectivity index (χ0) is 14.5. The molecule has 0 amide bonds. The molecule has 0 radical (unpaired) electrons. The molecule has 2 N–H and O–H groups in total. The Bertz CT molecular complexity index is 588. The van der Waals surface area contributed by atoms with E-state index in [0.717, 1.165) is 12.0 Å². The molecule has 0 saturated carbocycles. The monoisotopic (exact) mass is 293 g/mol. The Hall–Kier alpha value is -1.58. The molecule has 1 atom stereocenters. The van der Waals surface area contributed by atoms with Gasteiger partial charge in [0, 0.05) is 17.2 Å². The summed E-state index contributed by atoms with van der Waals surface area (Å²) >= 11 is 5.75. The molecule has 0 bridgehead atoms. The van der Waals surface area contributed by atoms with Crippen LogP contribution in [-0.2, 0) is 6.61 Å². The predicted octanol–water partition coefficient (Wildman–Crippen LogP) is 4.47. The molecule has 0 aliphatic heterocycles. The lowest BCUT2D eigenvalue weighted by atomic mass is 10.0. The van der Waals surface area contributed by atoms with Gasteiger partial charge >= 0.3 is 0 Å². The fourth-order valence-corrected chi connectivity index (χ4v) is 2.15. The maximum absolute atomic E-state index is 13.8. The molecule has 0 unspecified atom stereocenters. The lowest BCUT2D eigenvalue weighted by Gasteiger charge is -2.16. The van der Waals surface area contributed by atoms with Gasteiger partial charge in [-0.1, -0.05) is 48.9 Å². The molecule has 2 aromatic rings. The number of hydrogen-bond acceptors (Lipinski definition) is 2. The van der Waals surface area contributed by atoms with E-state index in [-0.39, 0.29) is 17.7 Å². The molecule has 4 heteroatoms. The minimum atomic E-state index is -0.438. The molecule has 2 nitrogen and oxygen atoms in total. The molecule has 106 valence electrons. The highest BCUT2D eigenvalue weighted by Gasteiger charge is 2.11. The van der Waals surface area contributed by atoms with Gasteiger partial charge in [-0.15, -0.1) is 0 Å². The van der Waals surface area contributed by atoms with E-state index in [1.807, 2.05) is 31.2 Å². The van der Waals surface area contributed by atoms with E-state index in [2.05, 4.69) is 0 Å². The summed E-state index contributed by atoms with van der Waals surface area (Å²) in [7, 11) is 0. The van der Waals surface area contributed by atoms with Gasteiger partial charge in [-0.3, -0.25) is 0 Å². The Morgan fingerprint density at radius 2 is 1.95 bits per heavy atom. The number of benzene rings is 2. The Kier molecular flexibility index (Phi) is 4.99. The van der Waals surface area contributed by atoms with Crippen LogP contribution in [0.3, 0.4) is 0 Å². The number of ether oxygens (including phenoxy) is 1. The molecule has 0 spiro atoms. The van der Waals surface area contributed by atoms with E-state index in [1.165, 1.54) is 6.07 Å². The largest absolute Gasteiger partial charge is 0.488 e. The minimum absolute atomic E-state index is 0.0876. The first-order valence-electron chi connectivity index (χ1n) is 6.53. The molecule has 0 heterocycles. The number of para-hydroxylation sites is 1. The van der Waals surface area contributed by atoms with Crippen molar-refractivity contribution < 1.29 is 9.13 Å². The summed E-state index contributed by atoms with van der Waals surface area (Å²) < 4.78 is 19.5. The van der Waals surface area contributed by atoms with Crippen molar-refractivity contribution >= 4 is 11.6 Å². The molecule has 20 heavy (non-hydrogen) atoms. The second-order valence-corrected chi connectivity index (χ2v) is 4.96. The van der Waals surface area contributed by atoms with Gasteiger partial charge in [-0.05, 0) is 18.6 Å². The Morgan fingerprint density at radius 1 is 1.20 bits per heavy atom. The van der Waals surface area contributed by atoms with Crippen molar-refractivity contribution in [3.05, 3.63) is 64.4 Å². The summed E-state index contributed by atoms with van der Waals surface area (Å²) in [5.41, 5.74) is 7.40. The second kappa shape index (κ2) is 6.73. The van der Waals surface area contributed by atoms with Crippen LogP contribution in [0.4, 0.5) is 4.39 Å². The second-order valence-electron chi connectivity index (χ2n) is 4.55. The van der Waals surface area contributed by atoms with Crippen LogP contribution in [0.15, 0.2) is 42.5 Å². The average Bonchev–Trinajstić information content (AvgIpc) is 2.48. The summed E-state index contributed by atoms with van der Waals surface area (Å²) in [5.74, 6) is 0.243. The maximum atomic E-state index is 13.8. The normalized spacial score (nSPS) is 12.2. The van der Waals surface area contributed by atoms with Gasteiger partial charge in [-0.25, -0.2) is 4.39 Å². The molecular weight excluding hydrogens is 277 g/mol. The Labute approximate surface area is 123 Å². The molecular formula is C16H17ClFNO. The van der Waals surface area contributed by atoms with Crippen LogP contribution < -0.4 is 10.5 Å². The van der Waals surface area contributed by atoms with Gasteiger partial charge in [-0.2, -0.15) is 0 Å². The quantitative estimate of drug-likeness (QED) is 0.883. The van der Waals surface area contributed by atoms with Crippen LogP contribution in [0.25, 0.3) is 0 Å². The highest BCUT2D eigenvalue weighted by atomic mass is 35.5. The SMILES string of the molecule is CC[C@H](N)c1ccccc1OCc1cccc(Cl)c1F. The number of hydrogen-bond donors (Lipinski definition) is 1. The van der Waals surface area contributed by atoms with E-state index < -0.39 is 5.82 Å². The van der Waals surface area contributed by atoms with Crippen LogP contribution in [-0.4, -0.2) is 0 Å². The highest BCUT2D eigenvalue weighted by molar-refractivity contribution is 6.30. The average molecular weight is 294 g/mol. The molecule has 0 aliphatic carbocycles. The Morgan fingerprint density at radius 3 is 2.70 bits per heavy atom. The molecule has 2 rings (SSSR count). The zero-order valence-corrected chi connectivity index (χ0v) is 12.0. The lowest BCUT2D eigenvalue weighted by Crippen LogP contribution is -2.11. The standard InChI is InChI=1S/C16H17ClFNO/c1-2-14(19)12-7-3-4-9-15(12)20-10-11-6-5-8-13(17)16(11)18/h3-9,14H,2,10,19H2,1H3/t14-/m0/s1.